The Kier molecular flexibility index (Phi) is 4.17. The molecular formula is C12H16F2N2O2S. The molecule has 0 bridgehead atoms. The first-order valence-corrected chi connectivity index (χ1v) is 7.59. The predicted octanol–water partition coefficient (Wildman–Crippen LogP) is 1.38. The van der Waals surface area contributed by atoms with Gasteiger partial charge in [0.15, 0.2) is 11.6 Å². The number of halogens is 2. The molecule has 0 amide bonds. The number of benzene rings is 1. The van der Waals surface area contributed by atoms with Crippen molar-refractivity contribution in [3.63, 3.8) is 0 Å². The Balaban J connectivity index is 2.19. The summed E-state index contributed by atoms with van der Waals surface area (Å²) in [6.07, 6.45) is 1.59. The molecule has 1 aromatic rings. The minimum absolute atomic E-state index is 0.00817. The van der Waals surface area contributed by atoms with Gasteiger partial charge in [0.1, 0.15) is 0 Å². The van der Waals surface area contributed by atoms with Crippen LogP contribution in [0.25, 0.3) is 0 Å². The van der Waals surface area contributed by atoms with Crippen LogP contribution in [0.5, 0.6) is 0 Å². The molecule has 0 spiro atoms. The molecule has 1 heterocycles. The third kappa shape index (κ3) is 3.29. The van der Waals surface area contributed by atoms with Crippen LogP contribution in [0, 0.1) is 11.6 Å². The number of hydrogen-bond donors (Lipinski definition) is 2. The van der Waals surface area contributed by atoms with E-state index in [0.717, 1.165) is 31.5 Å². The fraction of sp³-hybridized carbons (Fsp3) is 0.500. The zero-order chi connectivity index (χ0) is 14.0. The van der Waals surface area contributed by atoms with E-state index in [4.69, 9.17) is 0 Å². The lowest BCUT2D eigenvalue weighted by Crippen LogP contribution is -2.51. The van der Waals surface area contributed by atoms with Crippen molar-refractivity contribution in [3.05, 3.63) is 29.8 Å². The van der Waals surface area contributed by atoms with Crippen LogP contribution in [-0.2, 0) is 10.0 Å². The smallest absolute Gasteiger partial charge is 0.240 e. The molecule has 106 valence electrons. The van der Waals surface area contributed by atoms with E-state index in [1.165, 1.54) is 0 Å². The highest BCUT2D eigenvalue weighted by atomic mass is 32.2. The van der Waals surface area contributed by atoms with Gasteiger partial charge < -0.3 is 5.32 Å². The van der Waals surface area contributed by atoms with Gasteiger partial charge in [0.05, 0.1) is 4.90 Å². The summed E-state index contributed by atoms with van der Waals surface area (Å²) in [5, 5.41) is 3.17. The summed E-state index contributed by atoms with van der Waals surface area (Å²) in [4.78, 5) is -0.260. The van der Waals surface area contributed by atoms with Gasteiger partial charge >= 0.3 is 0 Å². The summed E-state index contributed by atoms with van der Waals surface area (Å²) in [7, 11) is -3.83. The van der Waals surface area contributed by atoms with Crippen molar-refractivity contribution >= 4 is 10.0 Å². The van der Waals surface area contributed by atoms with E-state index in [2.05, 4.69) is 10.0 Å². The van der Waals surface area contributed by atoms with Gasteiger partial charge in [-0.15, -0.1) is 0 Å². The van der Waals surface area contributed by atoms with E-state index in [9.17, 15) is 17.2 Å². The van der Waals surface area contributed by atoms with Gasteiger partial charge in [-0.25, -0.2) is 21.9 Å². The summed E-state index contributed by atoms with van der Waals surface area (Å²) >= 11 is 0. The summed E-state index contributed by atoms with van der Waals surface area (Å²) < 4.78 is 52.6. The quantitative estimate of drug-likeness (QED) is 0.884. The molecule has 1 aliphatic heterocycles. The molecule has 1 aromatic carbocycles. The molecule has 1 saturated heterocycles. The lowest BCUT2D eigenvalue weighted by atomic mass is 10.0. The van der Waals surface area contributed by atoms with E-state index in [1.807, 2.05) is 6.92 Å². The van der Waals surface area contributed by atoms with Crippen LogP contribution >= 0.6 is 0 Å². The highest BCUT2D eigenvalue weighted by Gasteiger charge is 2.26. The van der Waals surface area contributed by atoms with Crippen molar-refractivity contribution in [3.8, 4) is 0 Å². The minimum atomic E-state index is -3.83. The zero-order valence-corrected chi connectivity index (χ0v) is 11.3. The van der Waals surface area contributed by atoms with Crippen molar-refractivity contribution in [1.29, 1.82) is 0 Å². The molecule has 0 saturated carbocycles. The average Bonchev–Trinajstić information content (AvgIpc) is 2.35. The fourth-order valence-electron chi connectivity index (χ4n) is 2.12. The summed E-state index contributed by atoms with van der Waals surface area (Å²) in [6.45, 7) is 2.74. The van der Waals surface area contributed by atoms with Gasteiger partial charge in [0, 0.05) is 12.1 Å². The van der Waals surface area contributed by atoms with Gasteiger partial charge in [-0.2, -0.15) is 0 Å². The Bertz CT molecular complexity index is 563. The van der Waals surface area contributed by atoms with E-state index < -0.39 is 21.7 Å². The van der Waals surface area contributed by atoms with Gasteiger partial charge in [-0.05, 0) is 44.5 Å². The van der Waals surface area contributed by atoms with E-state index >= 15 is 0 Å². The molecule has 2 rings (SSSR count). The van der Waals surface area contributed by atoms with Crippen LogP contribution in [0.3, 0.4) is 0 Å². The van der Waals surface area contributed by atoms with Crippen molar-refractivity contribution in [2.24, 2.45) is 0 Å². The molecule has 4 nitrogen and oxygen atoms in total. The largest absolute Gasteiger partial charge is 0.313 e. The van der Waals surface area contributed by atoms with E-state index in [0.29, 0.717) is 6.07 Å². The van der Waals surface area contributed by atoms with Crippen LogP contribution in [0.4, 0.5) is 8.78 Å². The second-order valence-electron chi connectivity index (χ2n) is 4.69. The van der Waals surface area contributed by atoms with Crippen LogP contribution < -0.4 is 10.0 Å². The third-order valence-corrected chi connectivity index (χ3v) is 4.76. The SMILES string of the molecule is CC1NCCCC1NS(=O)(=O)c1ccc(F)c(F)c1. The van der Waals surface area contributed by atoms with Crippen molar-refractivity contribution < 1.29 is 17.2 Å². The molecule has 19 heavy (non-hydrogen) atoms. The number of piperidine rings is 1. The van der Waals surface area contributed by atoms with E-state index in [-0.39, 0.29) is 17.0 Å². The number of nitrogens with one attached hydrogen (secondary N) is 2. The first-order valence-electron chi connectivity index (χ1n) is 6.11. The minimum Gasteiger partial charge on any atom is -0.313 e. The summed E-state index contributed by atoms with van der Waals surface area (Å²) in [5.74, 6) is -2.23. The lowest BCUT2D eigenvalue weighted by Gasteiger charge is -2.30. The molecule has 2 N–H and O–H groups in total. The highest BCUT2D eigenvalue weighted by molar-refractivity contribution is 7.89. The lowest BCUT2D eigenvalue weighted by molar-refractivity contribution is 0.348. The maximum atomic E-state index is 13.1. The van der Waals surface area contributed by atoms with Gasteiger partial charge in [0.25, 0.3) is 0 Å². The topological polar surface area (TPSA) is 58.2 Å². The first kappa shape index (κ1) is 14.4. The zero-order valence-electron chi connectivity index (χ0n) is 10.5. The fourth-order valence-corrected chi connectivity index (χ4v) is 3.48. The van der Waals surface area contributed by atoms with Crippen LogP contribution in [-0.4, -0.2) is 27.0 Å². The molecule has 1 fully saturated rings. The predicted molar refractivity (Wildman–Crippen MR) is 67.2 cm³/mol. The summed E-state index contributed by atoms with van der Waals surface area (Å²) in [6, 6.07) is 2.33. The third-order valence-electron chi connectivity index (χ3n) is 3.27. The highest BCUT2D eigenvalue weighted by Crippen LogP contribution is 2.16. The van der Waals surface area contributed by atoms with Gasteiger partial charge in [-0.3, -0.25) is 0 Å². The van der Waals surface area contributed by atoms with Crippen molar-refractivity contribution in [1.82, 2.24) is 10.0 Å². The first-order chi connectivity index (χ1) is 8.90. The Hall–Kier alpha value is -1.05. The Morgan fingerprint density at radius 2 is 2.05 bits per heavy atom. The molecule has 2 atom stereocenters. The molecule has 0 radical (unpaired) electrons. The van der Waals surface area contributed by atoms with Crippen LogP contribution in [0.15, 0.2) is 23.1 Å². The second kappa shape index (κ2) is 5.52. The van der Waals surface area contributed by atoms with E-state index in [1.54, 1.807) is 0 Å². The number of sulfonamides is 1. The second-order valence-corrected chi connectivity index (χ2v) is 6.40. The molecular weight excluding hydrogens is 274 g/mol. The Labute approximate surface area is 111 Å². The standard InChI is InChI=1S/C12H16F2N2O2S/c1-8-12(3-2-6-15-8)16-19(17,18)9-4-5-10(13)11(14)7-9/h4-5,7-8,12,15-16H,2-3,6H2,1H3. The van der Waals surface area contributed by atoms with Crippen molar-refractivity contribution in [2.45, 2.75) is 36.7 Å². The molecule has 1 aliphatic rings. The van der Waals surface area contributed by atoms with Crippen LogP contribution in [0.2, 0.25) is 0 Å². The Morgan fingerprint density at radius 3 is 2.68 bits per heavy atom. The van der Waals surface area contributed by atoms with Crippen LogP contribution in [0.1, 0.15) is 19.8 Å². The molecule has 0 aromatic heterocycles. The average molecular weight is 290 g/mol. The number of rotatable bonds is 3. The maximum absolute atomic E-state index is 13.1. The van der Waals surface area contributed by atoms with Gasteiger partial charge in [0.2, 0.25) is 10.0 Å². The monoisotopic (exact) mass is 290 g/mol. The maximum Gasteiger partial charge on any atom is 0.240 e. The van der Waals surface area contributed by atoms with Gasteiger partial charge in [-0.1, -0.05) is 0 Å². The number of hydrogen-bond acceptors (Lipinski definition) is 3. The van der Waals surface area contributed by atoms with Crippen molar-refractivity contribution in [2.75, 3.05) is 6.54 Å². The molecule has 2 unspecified atom stereocenters. The molecule has 7 heteroatoms. The molecule has 0 aliphatic carbocycles. The Morgan fingerprint density at radius 1 is 1.32 bits per heavy atom. The summed E-state index contributed by atoms with van der Waals surface area (Å²) in [5.41, 5.74) is 0. The normalized spacial score (nSPS) is 24.4.